The van der Waals surface area contributed by atoms with Crippen LogP contribution in [0.1, 0.15) is 32.7 Å². The molecule has 13 heteroatoms. The minimum Gasteiger partial charge on any atom is -0.333 e. The minimum absolute atomic E-state index is 0. The second-order valence-corrected chi connectivity index (χ2v) is 11.7. The molecule has 0 spiro atoms. The van der Waals surface area contributed by atoms with Gasteiger partial charge in [0.05, 0.1) is 5.56 Å². The average molecular weight is 699 g/mol. The molecule has 0 bridgehead atoms. The maximum Gasteiger partial charge on any atom is 0.416 e. The number of halogens is 7. The van der Waals surface area contributed by atoms with Gasteiger partial charge in [-0.15, -0.1) is 49.0 Å². The van der Waals surface area contributed by atoms with Gasteiger partial charge >= 0.3 is 6.18 Å². The summed E-state index contributed by atoms with van der Waals surface area (Å²) in [5, 5.41) is 0.633. The highest BCUT2D eigenvalue weighted by atomic mass is 35.5. The number of pyridine rings is 1. The molecular weight excluding hydrogens is 663 g/mol. The van der Waals surface area contributed by atoms with Crippen LogP contribution in [0.25, 0.3) is 0 Å². The largest absolute Gasteiger partial charge is 0.416 e. The number of carbonyl (C=O) groups excluding carboxylic acids is 1. The predicted octanol–water partition coefficient (Wildman–Crippen LogP) is 7.17. The number of carbonyl (C=O) groups is 1. The monoisotopic (exact) mass is 696 g/mol. The van der Waals surface area contributed by atoms with Crippen molar-refractivity contribution in [3.63, 3.8) is 0 Å². The Labute approximate surface area is 278 Å². The first-order valence-electron chi connectivity index (χ1n) is 13.4. The first-order chi connectivity index (χ1) is 19.2. The Hall–Kier alpha value is -1.72. The lowest BCUT2D eigenvalue weighted by atomic mass is 10.00. The van der Waals surface area contributed by atoms with E-state index in [0.29, 0.717) is 36.0 Å². The fourth-order valence-corrected chi connectivity index (χ4v) is 6.14. The van der Waals surface area contributed by atoms with Gasteiger partial charge in [-0.2, -0.15) is 13.2 Å². The van der Waals surface area contributed by atoms with Crippen LogP contribution in [-0.4, -0.2) is 77.2 Å². The highest BCUT2D eigenvalue weighted by Crippen LogP contribution is 2.33. The summed E-state index contributed by atoms with van der Waals surface area (Å²) < 4.78 is 40.8. The molecule has 0 radical (unpaired) electrons. The van der Waals surface area contributed by atoms with Gasteiger partial charge in [-0.1, -0.05) is 29.8 Å². The first-order valence-corrected chi connectivity index (χ1v) is 15.0. The van der Waals surface area contributed by atoms with E-state index in [9.17, 15) is 18.0 Å². The third-order valence-corrected chi connectivity index (χ3v) is 8.66. The van der Waals surface area contributed by atoms with Crippen molar-refractivity contribution in [1.82, 2.24) is 19.7 Å². The summed E-state index contributed by atoms with van der Waals surface area (Å²) in [5.74, 6) is -0.361. The summed E-state index contributed by atoms with van der Waals surface area (Å²) in [4.78, 5) is 25.2. The molecule has 43 heavy (non-hydrogen) atoms. The van der Waals surface area contributed by atoms with Gasteiger partial charge in [0.1, 0.15) is 0 Å². The van der Waals surface area contributed by atoms with E-state index in [-0.39, 0.29) is 54.7 Å². The van der Waals surface area contributed by atoms with E-state index in [4.69, 9.17) is 11.6 Å². The van der Waals surface area contributed by atoms with Crippen molar-refractivity contribution in [2.24, 2.45) is 0 Å². The Morgan fingerprint density at radius 2 is 1.72 bits per heavy atom. The summed E-state index contributed by atoms with van der Waals surface area (Å²) in [6.45, 7) is 5.37. The van der Waals surface area contributed by atoms with Crippen molar-refractivity contribution in [2.45, 2.75) is 36.5 Å². The average Bonchev–Trinajstić information content (AvgIpc) is 2.96. The van der Waals surface area contributed by atoms with Gasteiger partial charge in [0, 0.05) is 85.6 Å². The van der Waals surface area contributed by atoms with Crippen molar-refractivity contribution in [1.29, 1.82) is 0 Å². The van der Waals surface area contributed by atoms with Crippen LogP contribution >= 0.6 is 60.6 Å². The fourth-order valence-electron chi connectivity index (χ4n) is 5.53. The quantitative estimate of drug-likeness (QED) is 0.245. The van der Waals surface area contributed by atoms with Crippen LogP contribution in [0.5, 0.6) is 0 Å². The number of rotatable bonds is 7. The molecule has 1 amide bonds. The van der Waals surface area contributed by atoms with Gasteiger partial charge < -0.3 is 4.90 Å². The Bertz CT molecular complexity index is 1350. The lowest BCUT2D eigenvalue weighted by Gasteiger charge is -2.42. The molecule has 236 valence electrons. The molecule has 0 aliphatic carbocycles. The van der Waals surface area contributed by atoms with Gasteiger partial charge in [-0.05, 0) is 60.2 Å². The molecule has 1 fully saturated rings. The SMILES string of the molecule is CSc1cc(C(=O)N2CCN(CCN3CCc4ncccc4C3)C[C@H]2Cc2ccc(Cl)cc2)cc(C(F)(F)F)c1.Cl.Cl.Cl. The smallest absolute Gasteiger partial charge is 0.333 e. The lowest BCUT2D eigenvalue weighted by molar-refractivity contribution is -0.137. The zero-order valence-corrected chi connectivity index (χ0v) is 27.6. The summed E-state index contributed by atoms with van der Waals surface area (Å²) in [5.41, 5.74) is 2.76. The Morgan fingerprint density at radius 1 is 1.00 bits per heavy atom. The van der Waals surface area contributed by atoms with Crippen molar-refractivity contribution >= 4 is 66.5 Å². The number of benzene rings is 2. The van der Waals surface area contributed by atoms with Crippen LogP contribution in [0.2, 0.25) is 5.02 Å². The van der Waals surface area contributed by atoms with Crippen molar-refractivity contribution < 1.29 is 18.0 Å². The number of hydrogen-bond acceptors (Lipinski definition) is 5. The summed E-state index contributed by atoms with van der Waals surface area (Å²) in [6, 6.07) is 15.1. The number of amides is 1. The third-order valence-electron chi connectivity index (χ3n) is 7.70. The zero-order chi connectivity index (χ0) is 28.3. The number of nitrogens with zero attached hydrogens (tertiary/aromatic N) is 4. The Kier molecular flexibility index (Phi) is 14.4. The third kappa shape index (κ3) is 9.63. The number of fused-ring (bicyclic) bond motifs is 1. The summed E-state index contributed by atoms with van der Waals surface area (Å²) >= 11 is 7.29. The van der Waals surface area contributed by atoms with E-state index in [1.54, 1.807) is 17.2 Å². The second kappa shape index (κ2) is 16.5. The van der Waals surface area contributed by atoms with Gasteiger partial charge in [0.25, 0.3) is 5.91 Å². The maximum atomic E-state index is 13.7. The van der Waals surface area contributed by atoms with Crippen LogP contribution in [0, 0.1) is 0 Å². The van der Waals surface area contributed by atoms with Crippen LogP contribution in [0.3, 0.4) is 0 Å². The second-order valence-electron chi connectivity index (χ2n) is 10.4. The fraction of sp³-hybridized carbons (Fsp3) is 0.400. The normalized spacial score (nSPS) is 17.2. The van der Waals surface area contributed by atoms with Crippen LogP contribution in [0.4, 0.5) is 13.2 Å². The molecular formula is C30H35Cl4F3N4OS. The standard InChI is InChI=1S/C30H32ClF3N4OS.3ClH/c1-40-27-17-23(16-24(18-27)30(32,33)34)29(39)38-14-13-37(20-26(38)15-21-4-6-25(31)7-5-21)12-11-36-10-8-28-22(19-36)3-2-9-35-28;;;/h2-7,9,16-18,26H,8,10-15,19-20H2,1H3;3*1H/t26-;;;/m1.../s1. The highest BCUT2D eigenvalue weighted by molar-refractivity contribution is 7.98. The number of thioether (sulfide) groups is 1. The summed E-state index contributed by atoms with van der Waals surface area (Å²) in [7, 11) is 0. The lowest BCUT2D eigenvalue weighted by Crippen LogP contribution is -2.57. The van der Waals surface area contributed by atoms with E-state index in [2.05, 4.69) is 20.9 Å². The van der Waals surface area contributed by atoms with Crippen LogP contribution < -0.4 is 0 Å². The minimum atomic E-state index is -4.52. The van der Waals surface area contributed by atoms with E-state index in [0.717, 1.165) is 50.3 Å². The molecule has 0 N–H and O–H groups in total. The number of aromatic nitrogens is 1. The molecule has 1 atom stereocenters. The molecule has 1 saturated heterocycles. The van der Waals surface area contributed by atoms with Crippen LogP contribution in [-0.2, 0) is 25.6 Å². The zero-order valence-electron chi connectivity index (χ0n) is 23.6. The van der Waals surface area contributed by atoms with Gasteiger partial charge in [-0.3, -0.25) is 19.6 Å². The molecule has 1 aromatic heterocycles. The van der Waals surface area contributed by atoms with Gasteiger partial charge in [0.15, 0.2) is 0 Å². The molecule has 2 aromatic carbocycles. The Morgan fingerprint density at radius 3 is 2.42 bits per heavy atom. The molecule has 3 aromatic rings. The molecule has 0 unspecified atom stereocenters. The molecule has 2 aliphatic heterocycles. The van der Waals surface area contributed by atoms with Crippen LogP contribution in [0.15, 0.2) is 65.7 Å². The van der Waals surface area contributed by atoms with Gasteiger partial charge in [-0.25, -0.2) is 0 Å². The molecule has 2 aliphatic rings. The molecule has 3 heterocycles. The van der Waals surface area contributed by atoms with Gasteiger partial charge in [0.2, 0.25) is 0 Å². The van der Waals surface area contributed by atoms with E-state index in [1.165, 1.54) is 23.0 Å². The van der Waals surface area contributed by atoms with E-state index < -0.39 is 11.7 Å². The van der Waals surface area contributed by atoms with E-state index >= 15 is 0 Å². The molecule has 5 nitrogen and oxygen atoms in total. The number of hydrogen-bond donors (Lipinski definition) is 0. The highest BCUT2D eigenvalue weighted by Gasteiger charge is 2.35. The molecule has 0 saturated carbocycles. The Balaban J connectivity index is 0.00000215. The topological polar surface area (TPSA) is 39.7 Å². The first kappa shape index (κ1) is 37.5. The molecule has 5 rings (SSSR count). The van der Waals surface area contributed by atoms with Crippen molar-refractivity contribution in [3.8, 4) is 0 Å². The summed E-state index contributed by atoms with van der Waals surface area (Å²) in [6.07, 6.45) is 0.567. The number of alkyl halides is 3. The van der Waals surface area contributed by atoms with E-state index in [1.807, 2.05) is 36.5 Å². The van der Waals surface area contributed by atoms with Crippen molar-refractivity contribution in [2.75, 3.05) is 45.5 Å². The maximum absolute atomic E-state index is 13.7. The number of piperazine rings is 1. The van der Waals surface area contributed by atoms with Crippen molar-refractivity contribution in [3.05, 3.63) is 93.8 Å². The predicted molar refractivity (Wildman–Crippen MR) is 175 cm³/mol.